The van der Waals surface area contributed by atoms with Crippen LogP contribution in [0.15, 0.2) is 129 Å². The van der Waals surface area contributed by atoms with Crippen molar-refractivity contribution in [3.8, 4) is 62.5 Å². The fourth-order valence-corrected chi connectivity index (χ4v) is 7.55. The van der Waals surface area contributed by atoms with Gasteiger partial charge in [0, 0.05) is 94.2 Å². The number of phenols is 1. The summed E-state index contributed by atoms with van der Waals surface area (Å²) < 4.78 is 20.4. The third-order valence-corrected chi connectivity index (χ3v) is 10.7. The standard InChI is InChI=1S/C51H42N2O8/c1-52(2)34-16-21-39-44(27-34)60-45-28-35(53(3)4)17-22-40(45)49(39)33-14-11-31(12-15-33)9-10-32-13-20-38(43(26-32)51(58)59-25-7-5-6-8-48(56)57)50-41-23-18-36(54)29-46(41)61-47-30-37(55)19-24-42(47)50/h11-24,26-30H,5-8,25H2,1-4H3,(H-,54,55,56,57). The Morgan fingerprint density at radius 1 is 0.705 bits per heavy atom. The number of phenolic OH excluding ortho intramolecular Hbond substituents is 1. The number of benzene rings is 6. The summed E-state index contributed by atoms with van der Waals surface area (Å²) in [4.78, 5) is 39.2. The first-order valence-corrected chi connectivity index (χ1v) is 20.0. The maximum atomic E-state index is 13.9. The maximum absolute atomic E-state index is 13.9. The van der Waals surface area contributed by atoms with Crippen molar-refractivity contribution in [1.82, 2.24) is 4.58 Å². The molecule has 4 aromatic rings. The van der Waals surface area contributed by atoms with Gasteiger partial charge in [0.2, 0.25) is 5.36 Å². The molecule has 10 nitrogen and oxygen atoms in total. The molecule has 0 aromatic heterocycles. The normalized spacial score (nSPS) is 11.1. The minimum atomic E-state index is -1.12. The molecule has 0 amide bonds. The number of nitrogens with zero attached hydrogens (tertiary/aromatic N) is 2. The van der Waals surface area contributed by atoms with Crippen LogP contribution in [-0.2, 0) is 9.53 Å². The number of rotatable bonds is 10. The van der Waals surface area contributed by atoms with E-state index in [4.69, 9.17) is 13.6 Å². The zero-order valence-corrected chi connectivity index (χ0v) is 34.2. The van der Waals surface area contributed by atoms with E-state index in [1.165, 1.54) is 24.3 Å². The number of hydrogen-bond donors (Lipinski definition) is 1. The lowest BCUT2D eigenvalue weighted by atomic mass is 9.90. The number of anilines is 1. The average Bonchev–Trinajstić information content (AvgIpc) is 3.24. The van der Waals surface area contributed by atoms with Crippen molar-refractivity contribution in [3.05, 3.63) is 148 Å². The summed E-state index contributed by atoms with van der Waals surface area (Å²) >= 11 is 0. The molecule has 0 radical (unpaired) electrons. The summed E-state index contributed by atoms with van der Waals surface area (Å²) in [6.07, 6.45) is 1.38. The van der Waals surface area contributed by atoms with Gasteiger partial charge < -0.3 is 33.5 Å². The summed E-state index contributed by atoms with van der Waals surface area (Å²) in [5.74, 6) is 5.85. The molecule has 2 aliphatic carbocycles. The number of aromatic hydroxyl groups is 1. The molecule has 0 unspecified atom stereocenters. The smallest absolute Gasteiger partial charge is 0.338 e. The summed E-state index contributed by atoms with van der Waals surface area (Å²) in [6, 6.07) is 35.0. The van der Waals surface area contributed by atoms with Gasteiger partial charge in [0.05, 0.1) is 18.2 Å². The van der Waals surface area contributed by atoms with Crippen molar-refractivity contribution in [1.29, 1.82) is 0 Å². The second-order valence-corrected chi connectivity index (χ2v) is 15.3. The largest absolute Gasteiger partial charge is 0.550 e. The molecule has 0 fully saturated rings. The molecule has 4 aromatic carbocycles. The highest BCUT2D eigenvalue weighted by molar-refractivity contribution is 6.08. The molecule has 2 heterocycles. The number of carboxylic acid groups (broad SMARTS) is 1. The predicted octanol–water partition coefficient (Wildman–Crippen LogP) is 7.75. The van der Waals surface area contributed by atoms with Gasteiger partial charge in [-0.05, 0) is 104 Å². The molecule has 61 heavy (non-hydrogen) atoms. The molecular weight excluding hydrogens is 769 g/mol. The highest BCUT2D eigenvalue weighted by Gasteiger charge is 2.24. The highest BCUT2D eigenvalue weighted by atomic mass is 16.5. The molecule has 2 aliphatic heterocycles. The first-order chi connectivity index (χ1) is 29.4. The van der Waals surface area contributed by atoms with Crippen LogP contribution in [-0.4, -0.2) is 51.8 Å². The minimum Gasteiger partial charge on any atom is -0.550 e. The number of carboxylic acids is 1. The average molecular weight is 811 g/mol. The molecule has 0 spiro atoms. The second kappa shape index (κ2) is 16.9. The van der Waals surface area contributed by atoms with Crippen LogP contribution >= 0.6 is 0 Å². The lowest BCUT2D eigenvalue weighted by Crippen LogP contribution is -2.21. The number of ether oxygens (including phenoxy) is 1. The van der Waals surface area contributed by atoms with Gasteiger partial charge >= 0.3 is 5.97 Å². The van der Waals surface area contributed by atoms with Crippen molar-refractivity contribution in [3.63, 3.8) is 0 Å². The Balaban J connectivity index is 1.18. The Kier molecular flexibility index (Phi) is 11.1. The molecule has 4 aliphatic rings. The topological polar surface area (TPSA) is 136 Å². The zero-order valence-electron chi connectivity index (χ0n) is 34.2. The number of unbranched alkanes of at least 4 members (excludes halogenated alkanes) is 2. The number of hydrogen-bond acceptors (Lipinski definition) is 9. The number of carbonyl (C=O) groups is 2. The van der Waals surface area contributed by atoms with Gasteiger partial charge in [-0.15, -0.1) is 0 Å². The van der Waals surface area contributed by atoms with Gasteiger partial charge in [-0.2, -0.15) is 0 Å². The predicted molar refractivity (Wildman–Crippen MR) is 236 cm³/mol. The monoisotopic (exact) mass is 810 g/mol. The molecule has 10 heteroatoms. The van der Waals surface area contributed by atoms with Crippen LogP contribution < -0.4 is 25.4 Å². The van der Waals surface area contributed by atoms with Gasteiger partial charge in [0.1, 0.15) is 42.5 Å². The lowest BCUT2D eigenvalue weighted by molar-refractivity contribution is -0.305. The Morgan fingerprint density at radius 3 is 2.11 bits per heavy atom. The van der Waals surface area contributed by atoms with Gasteiger partial charge in [-0.25, -0.2) is 9.37 Å². The Morgan fingerprint density at radius 2 is 1.36 bits per heavy atom. The van der Waals surface area contributed by atoms with E-state index in [9.17, 15) is 24.6 Å². The van der Waals surface area contributed by atoms with E-state index in [2.05, 4.69) is 60.4 Å². The van der Waals surface area contributed by atoms with Crippen LogP contribution in [0.3, 0.4) is 0 Å². The van der Waals surface area contributed by atoms with Gasteiger partial charge in [0.15, 0.2) is 5.43 Å². The SMILES string of the molecule is CN(C)c1ccc2c(-c3ccc(C#Cc4ccc(-c5c6ccc(=O)cc-6oc6cc(O)ccc56)c(C(=O)OCCCCCC(=O)[O-])c4)cc3)c3ccc(=[N+](C)C)cc-3oc2c1. The van der Waals surface area contributed by atoms with Crippen LogP contribution in [0.25, 0.3) is 66.8 Å². The minimum absolute atomic E-state index is 0.0185. The quantitative estimate of drug-likeness (QED) is 0.0484. The first kappa shape index (κ1) is 40.2. The molecular formula is C51H42N2O8. The van der Waals surface area contributed by atoms with E-state index in [-0.39, 0.29) is 29.8 Å². The van der Waals surface area contributed by atoms with Crippen LogP contribution in [0.2, 0.25) is 0 Å². The second-order valence-electron chi connectivity index (χ2n) is 15.3. The summed E-state index contributed by atoms with van der Waals surface area (Å²) in [6.45, 7) is 0.0836. The molecule has 0 bridgehead atoms. The first-order valence-electron chi connectivity index (χ1n) is 20.0. The molecule has 1 N–H and O–H groups in total. The molecule has 0 saturated heterocycles. The van der Waals surface area contributed by atoms with Gasteiger partial charge in [-0.1, -0.05) is 30.0 Å². The molecule has 8 rings (SSSR count). The third-order valence-electron chi connectivity index (χ3n) is 10.7. The summed E-state index contributed by atoms with van der Waals surface area (Å²) in [5, 5.41) is 23.8. The maximum Gasteiger partial charge on any atom is 0.338 e. The highest BCUT2D eigenvalue weighted by Crippen LogP contribution is 2.43. The lowest BCUT2D eigenvalue weighted by Gasteiger charge is -2.18. The Hall–Kier alpha value is -7.64. The Bertz CT molecular complexity index is 3120. The van der Waals surface area contributed by atoms with Crippen LogP contribution in [0.1, 0.15) is 47.2 Å². The van der Waals surface area contributed by atoms with E-state index < -0.39 is 11.9 Å². The van der Waals surface area contributed by atoms with Crippen molar-refractivity contribution in [2.24, 2.45) is 0 Å². The summed E-state index contributed by atoms with van der Waals surface area (Å²) in [5.41, 5.74) is 8.26. The number of esters is 1. The molecule has 304 valence electrons. The van der Waals surface area contributed by atoms with E-state index in [0.29, 0.717) is 58.2 Å². The Labute approximate surface area is 351 Å². The number of carbonyl (C=O) groups excluding carboxylic acids is 2. The van der Waals surface area contributed by atoms with Crippen molar-refractivity contribution < 1.29 is 33.4 Å². The van der Waals surface area contributed by atoms with E-state index in [1.54, 1.807) is 24.3 Å². The van der Waals surface area contributed by atoms with Crippen LogP contribution in [0.4, 0.5) is 5.69 Å². The molecule has 0 atom stereocenters. The van der Waals surface area contributed by atoms with Crippen molar-refractivity contribution in [2.45, 2.75) is 25.7 Å². The number of aliphatic carboxylic acids is 1. The van der Waals surface area contributed by atoms with Gasteiger partial charge in [-0.3, -0.25) is 4.79 Å². The summed E-state index contributed by atoms with van der Waals surface area (Å²) in [7, 11) is 8.01. The van der Waals surface area contributed by atoms with Crippen LogP contribution in [0, 0.1) is 11.8 Å². The fourth-order valence-electron chi connectivity index (χ4n) is 7.55. The van der Waals surface area contributed by atoms with E-state index >= 15 is 0 Å². The zero-order chi connectivity index (χ0) is 42.8. The van der Waals surface area contributed by atoms with E-state index in [1.807, 2.05) is 55.9 Å². The third kappa shape index (κ3) is 8.45. The number of fused-ring (bicyclic) bond motifs is 4. The fraction of sp³-hybridized carbons (Fsp3) is 0.176. The molecule has 0 saturated carbocycles. The van der Waals surface area contributed by atoms with E-state index in [0.717, 1.165) is 50.0 Å². The van der Waals surface area contributed by atoms with Crippen molar-refractivity contribution >= 4 is 39.6 Å². The van der Waals surface area contributed by atoms with Crippen LogP contribution in [0.5, 0.6) is 5.75 Å². The van der Waals surface area contributed by atoms with Gasteiger partial charge in [0.25, 0.3) is 0 Å². The van der Waals surface area contributed by atoms with Crippen molar-refractivity contribution in [2.75, 3.05) is 39.7 Å².